The lowest BCUT2D eigenvalue weighted by atomic mass is 10.0. The van der Waals surface area contributed by atoms with Crippen LogP contribution in [-0.4, -0.2) is 29.3 Å². The molecule has 0 aliphatic heterocycles. The Morgan fingerprint density at radius 2 is 1.61 bits per heavy atom. The highest BCUT2D eigenvalue weighted by Gasteiger charge is 2.30. The molecule has 33 heavy (non-hydrogen) atoms. The van der Waals surface area contributed by atoms with Crippen LogP contribution < -0.4 is 5.32 Å². The number of nitrogens with zero attached hydrogens (tertiary/aromatic N) is 1. The SMILES string of the molecule is CCCNC(=O)C(Cc1ccccc1)N(Cc1cccc(Cl)c1)C(=O)Cc1ccc(C)cc1. The summed E-state index contributed by atoms with van der Waals surface area (Å²) in [5, 5.41) is 3.60. The zero-order valence-corrected chi connectivity index (χ0v) is 20.0. The first-order valence-electron chi connectivity index (χ1n) is 11.4. The third-order valence-electron chi connectivity index (χ3n) is 5.54. The molecule has 0 bridgehead atoms. The zero-order chi connectivity index (χ0) is 23.6. The van der Waals surface area contributed by atoms with Crippen molar-refractivity contribution in [3.05, 3.63) is 106 Å². The van der Waals surface area contributed by atoms with Crippen molar-refractivity contribution >= 4 is 23.4 Å². The van der Waals surface area contributed by atoms with Crippen molar-refractivity contribution in [2.45, 2.75) is 45.7 Å². The second kappa shape index (κ2) is 12.2. The Balaban J connectivity index is 1.94. The first kappa shape index (κ1) is 24.5. The van der Waals surface area contributed by atoms with Crippen LogP contribution in [0.3, 0.4) is 0 Å². The maximum absolute atomic E-state index is 13.6. The fourth-order valence-electron chi connectivity index (χ4n) is 3.73. The van der Waals surface area contributed by atoms with E-state index >= 15 is 0 Å². The predicted octanol–water partition coefficient (Wildman–Crippen LogP) is 5.36. The summed E-state index contributed by atoms with van der Waals surface area (Å²) in [5.74, 6) is -0.230. The van der Waals surface area contributed by atoms with Gasteiger partial charge in [0.1, 0.15) is 6.04 Å². The third-order valence-corrected chi connectivity index (χ3v) is 5.77. The molecule has 3 aromatic carbocycles. The molecule has 1 unspecified atom stereocenters. The highest BCUT2D eigenvalue weighted by Crippen LogP contribution is 2.19. The van der Waals surface area contributed by atoms with Crippen LogP contribution in [0.1, 0.15) is 35.6 Å². The van der Waals surface area contributed by atoms with Crippen molar-refractivity contribution < 1.29 is 9.59 Å². The van der Waals surface area contributed by atoms with E-state index in [-0.39, 0.29) is 18.2 Å². The van der Waals surface area contributed by atoms with E-state index in [0.29, 0.717) is 24.5 Å². The molecule has 1 N–H and O–H groups in total. The summed E-state index contributed by atoms with van der Waals surface area (Å²) in [5.41, 5.74) is 3.96. The highest BCUT2D eigenvalue weighted by molar-refractivity contribution is 6.30. The summed E-state index contributed by atoms with van der Waals surface area (Å²) in [6.45, 7) is 4.91. The Bertz CT molecular complexity index is 1050. The Morgan fingerprint density at radius 3 is 2.27 bits per heavy atom. The maximum atomic E-state index is 13.6. The van der Waals surface area contributed by atoms with E-state index in [1.54, 1.807) is 11.0 Å². The van der Waals surface area contributed by atoms with Gasteiger partial charge in [0.25, 0.3) is 0 Å². The van der Waals surface area contributed by atoms with Crippen molar-refractivity contribution in [2.24, 2.45) is 0 Å². The lowest BCUT2D eigenvalue weighted by molar-refractivity contribution is -0.140. The van der Waals surface area contributed by atoms with E-state index in [2.05, 4.69) is 5.32 Å². The molecule has 0 saturated carbocycles. The fraction of sp³-hybridized carbons (Fsp3) is 0.286. The molecule has 1 atom stereocenters. The Labute approximate surface area is 201 Å². The van der Waals surface area contributed by atoms with Gasteiger partial charge >= 0.3 is 0 Å². The van der Waals surface area contributed by atoms with E-state index < -0.39 is 6.04 Å². The average molecular weight is 463 g/mol. The smallest absolute Gasteiger partial charge is 0.243 e. The van der Waals surface area contributed by atoms with Gasteiger partial charge < -0.3 is 10.2 Å². The number of halogens is 1. The van der Waals surface area contributed by atoms with Gasteiger partial charge in [0.15, 0.2) is 0 Å². The summed E-state index contributed by atoms with van der Waals surface area (Å²) in [6.07, 6.45) is 1.50. The lowest BCUT2D eigenvalue weighted by Crippen LogP contribution is -2.51. The first-order chi connectivity index (χ1) is 16.0. The van der Waals surface area contributed by atoms with Gasteiger partial charge in [-0.05, 0) is 42.2 Å². The van der Waals surface area contributed by atoms with Crippen molar-refractivity contribution in [3.8, 4) is 0 Å². The number of amides is 2. The minimum Gasteiger partial charge on any atom is -0.354 e. The molecule has 5 heteroatoms. The third kappa shape index (κ3) is 7.47. The van der Waals surface area contributed by atoms with Gasteiger partial charge in [0, 0.05) is 24.5 Å². The largest absolute Gasteiger partial charge is 0.354 e. The summed E-state index contributed by atoms with van der Waals surface area (Å²) in [4.78, 5) is 28.6. The van der Waals surface area contributed by atoms with Crippen molar-refractivity contribution in [1.29, 1.82) is 0 Å². The Morgan fingerprint density at radius 1 is 0.909 bits per heavy atom. The van der Waals surface area contributed by atoms with E-state index in [0.717, 1.165) is 28.7 Å². The van der Waals surface area contributed by atoms with Crippen LogP contribution in [-0.2, 0) is 29.0 Å². The van der Waals surface area contributed by atoms with E-state index in [1.165, 1.54) is 0 Å². The Kier molecular flexibility index (Phi) is 9.08. The highest BCUT2D eigenvalue weighted by atomic mass is 35.5. The van der Waals surface area contributed by atoms with Gasteiger partial charge in [-0.15, -0.1) is 0 Å². The number of hydrogen-bond acceptors (Lipinski definition) is 2. The van der Waals surface area contributed by atoms with Crippen LogP contribution in [0.15, 0.2) is 78.9 Å². The molecule has 4 nitrogen and oxygen atoms in total. The molecule has 0 heterocycles. The molecule has 0 aliphatic rings. The van der Waals surface area contributed by atoms with Crippen LogP contribution in [0.2, 0.25) is 5.02 Å². The van der Waals surface area contributed by atoms with Gasteiger partial charge in [-0.3, -0.25) is 9.59 Å². The fourth-order valence-corrected chi connectivity index (χ4v) is 3.95. The van der Waals surface area contributed by atoms with E-state index in [4.69, 9.17) is 11.6 Å². The van der Waals surface area contributed by atoms with E-state index in [1.807, 2.05) is 86.6 Å². The summed E-state index contributed by atoms with van der Waals surface area (Å²) in [7, 11) is 0. The normalized spacial score (nSPS) is 11.6. The van der Waals surface area contributed by atoms with Crippen LogP contribution in [0, 0.1) is 6.92 Å². The topological polar surface area (TPSA) is 49.4 Å². The maximum Gasteiger partial charge on any atom is 0.243 e. The molecule has 0 spiro atoms. The quantitative estimate of drug-likeness (QED) is 0.441. The number of nitrogens with one attached hydrogen (secondary N) is 1. The molecule has 0 radical (unpaired) electrons. The molecule has 172 valence electrons. The van der Waals surface area contributed by atoms with E-state index in [9.17, 15) is 9.59 Å². The Hall–Kier alpha value is -3.11. The monoisotopic (exact) mass is 462 g/mol. The van der Waals surface area contributed by atoms with Crippen LogP contribution in [0.25, 0.3) is 0 Å². The van der Waals surface area contributed by atoms with Gasteiger partial charge in [0.2, 0.25) is 11.8 Å². The number of carbonyl (C=O) groups is 2. The number of hydrogen-bond donors (Lipinski definition) is 1. The van der Waals surface area contributed by atoms with Crippen molar-refractivity contribution in [3.63, 3.8) is 0 Å². The average Bonchev–Trinajstić information content (AvgIpc) is 2.82. The molecule has 3 aromatic rings. The van der Waals surface area contributed by atoms with Crippen molar-refractivity contribution in [1.82, 2.24) is 10.2 Å². The standard InChI is InChI=1S/C28H31ClN2O2/c1-3-16-30-28(33)26(18-22-8-5-4-6-9-22)31(20-24-10-7-11-25(29)17-24)27(32)19-23-14-12-21(2)13-15-23/h4-15,17,26H,3,16,18-20H2,1-2H3,(H,30,33). The molecule has 0 aromatic heterocycles. The second-order valence-corrected chi connectivity index (χ2v) is 8.75. The first-order valence-corrected chi connectivity index (χ1v) is 11.7. The number of carbonyl (C=O) groups excluding carboxylic acids is 2. The summed E-state index contributed by atoms with van der Waals surface area (Å²) < 4.78 is 0. The van der Waals surface area contributed by atoms with Crippen LogP contribution >= 0.6 is 11.6 Å². The second-order valence-electron chi connectivity index (χ2n) is 8.31. The number of benzene rings is 3. The molecular formula is C28H31ClN2O2. The van der Waals surface area contributed by atoms with Crippen molar-refractivity contribution in [2.75, 3.05) is 6.54 Å². The summed E-state index contributed by atoms with van der Waals surface area (Å²) >= 11 is 6.21. The van der Waals surface area contributed by atoms with Crippen LogP contribution in [0.5, 0.6) is 0 Å². The van der Waals surface area contributed by atoms with Crippen LogP contribution in [0.4, 0.5) is 0 Å². The molecule has 0 fully saturated rings. The van der Waals surface area contributed by atoms with Gasteiger partial charge in [-0.1, -0.05) is 90.8 Å². The number of aryl methyl sites for hydroxylation is 1. The molecule has 0 aliphatic carbocycles. The van der Waals surface area contributed by atoms with Gasteiger partial charge in [0.05, 0.1) is 6.42 Å². The minimum absolute atomic E-state index is 0.0913. The number of rotatable bonds is 10. The lowest BCUT2D eigenvalue weighted by Gasteiger charge is -2.31. The molecule has 2 amide bonds. The molecule has 0 saturated heterocycles. The molecule has 3 rings (SSSR count). The van der Waals surface area contributed by atoms with Gasteiger partial charge in [-0.25, -0.2) is 0 Å². The predicted molar refractivity (Wildman–Crippen MR) is 134 cm³/mol. The minimum atomic E-state index is -0.629. The molecular weight excluding hydrogens is 432 g/mol. The zero-order valence-electron chi connectivity index (χ0n) is 19.3. The summed E-state index contributed by atoms with van der Waals surface area (Å²) in [6, 6.07) is 24.6. The van der Waals surface area contributed by atoms with Gasteiger partial charge in [-0.2, -0.15) is 0 Å².